The highest BCUT2D eigenvalue weighted by atomic mass is 32.1. The van der Waals surface area contributed by atoms with Crippen LogP contribution in [0.3, 0.4) is 0 Å². The summed E-state index contributed by atoms with van der Waals surface area (Å²) in [5, 5.41) is 15.1. The molecule has 0 bridgehead atoms. The van der Waals surface area contributed by atoms with Crippen molar-refractivity contribution in [3.8, 4) is 5.75 Å². The molecule has 1 N–H and O–H groups in total. The molecule has 6 nitrogen and oxygen atoms in total. The van der Waals surface area contributed by atoms with Crippen molar-refractivity contribution in [1.29, 1.82) is 0 Å². The minimum atomic E-state index is -0.425. The average Bonchev–Trinajstić information content (AvgIpc) is 2.81. The molecule has 2 aromatic rings. The molecule has 112 valence electrons. The predicted molar refractivity (Wildman–Crippen MR) is 83.0 cm³/mol. The number of non-ortho nitro benzene ring substituents is 1. The number of hydrogen-bond acceptors (Lipinski definition) is 6. The van der Waals surface area contributed by atoms with Gasteiger partial charge in [-0.15, -0.1) is 11.3 Å². The number of hydrogen-bond donors (Lipinski definition) is 1. The summed E-state index contributed by atoms with van der Waals surface area (Å²) in [7, 11) is 0. The van der Waals surface area contributed by atoms with E-state index in [1.807, 2.05) is 27.0 Å². The molecule has 0 amide bonds. The molecule has 0 aliphatic heterocycles. The number of nitrogens with zero attached hydrogens (tertiary/aromatic N) is 2. The smallest absolute Gasteiger partial charge is 0.275 e. The second kappa shape index (κ2) is 6.53. The van der Waals surface area contributed by atoms with E-state index in [-0.39, 0.29) is 11.8 Å². The van der Waals surface area contributed by atoms with Crippen LogP contribution < -0.4 is 10.1 Å². The van der Waals surface area contributed by atoms with E-state index < -0.39 is 4.92 Å². The van der Waals surface area contributed by atoms with Crippen LogP contribution in [0.4, 0.5) is 11.4 Å². The van der Waals surface area contributed by atoms with Crippen LogP contribution in [0.5, 0.6) is 5.75 Å². The van der Waals surface area contributed by atoms with Gasteiger partial charge in [-0.2, -0.15) is 0 Å². The lowest BCUT2D eigenvalue weighted by Crippen LogP contribution is -2.07. The Morgan fingerprint density at radius 3 is 2.76 bits per heavy atom. The Morgan fingerprint density at radius 2 is 2.19 bits per heavy atom. The molecule has 0 aliphatic carbocycles. The minimum Gasteiger partial charge on any atom is -0.491 e. The van der Waals surface area contributed by atoms with Gasteiger partial charge in [0.2, 0.25) is 0 Å². The second-order valence-electron chi connectivity index (χ2n) is 4.86. The normalized spacial score (nSPS) is 10.7. The summed E-state index contributed by atoms with van der Waals surface area (Å²) >= 11 is 1.59. The first-order chi connectivity index (χ1) is 9.94. The predicted octanol–water partition coefficient (Wildman–Crippen LogP) is 3.76. The van der Waals surface area contributed by atoms with Gasteiger partial charge in [0.1, 0.15) is 10.8 Å². The second-order valence-corrected chi connectivity index (χ2v) is 6.18. The molecule has 0 unspecified atom stereocenters. The fraction of sp³-hybridized carbons (Fsp3) is 0.357. The monoisotopic (exact) mass is 307 g/mol. The van der Waals surface area contributed by atoms with Gasteiger partial charge in [0, 0.05) is 28.9 Å². The van der Waals surface area contributed by atoms with Gasteiger partial charge >= 0.3 is 0 Å². The van der Waals surface area contributed by atoms with Crippen LogP contribution in [-0.4, -0.2) is 16.0 Å². The number of aromatic nitrogens is 1. The molecular weight excluding hydrogens is 290 g/mol. The van der Waals surface area contributed by atoms with Crippen LogP contribution in [0.2, 0.25) is 0 Å². The molecule has 0 saturated heterocycles. The molecule has 0 fully saturated rings. The Labute approximate surface area is 126 Å². The largest absolute Gasteiger partial charge is 0.491 e. The van der Waals surface area contributed by atoms with E-state index in [1.54, 1.807) is 17.4 Å². The lowest BCUT2D eigenvalue weighted by molar-refractivity contribution is -0.384. The van der Waals surface area contributed by atoms with E-state index in [9.17, 15) is 10.1 Å². The SMILES string of the molecule is Cc1cnc(CNc2cc(OC(C)C)cc([N+](=O)[O-])c2)s1. The third kappa shape index (κ3) is 4.42. The van der Waals surface area contributed by atoms with Crippen molar-refractivity contribution in [1.82, 2.24) is 4.98 Å². The summed E-state index contributed by atoms with van der Waals surface area (Å²) < 4.78 is 5.54. The van der Waals surface area contributed by atoms with Gasteiger partial charge in [-0.1, -0.05) is 0 Å². The van der Waals surface area contributed by atoms with Crippen LogP contribution >= 0.6 is 11.3 Å². The van der Waals surface area contributed by atoms with E-state index in [2.05, 4.69) is 10.3 Å². The molecule has 21 heavy (non-hydrogen) atoms. The number of benzene rings is 1. The molecular formula is C14H17N3O3S. The summed E-state index contributed by atoms with van der Waals surface area (Å²) in [5.74, 6) is 0.483. The summed E-state index contributed by atoms with van der Waals surface area (Å²) in [4.78, 5) is 15.9. The van der Waals surface area contributed by atoms with Crippen LogP contribution in [0.25, 0.3) is 0 Å². The van der Waals surface area contributed by atoms with Crippen LogP contribution in [-0.2, 0) is 6.54 Å². The van der Waals surface area contributed by atoms with Crippen LogP contribution in [0.1, 0.15) is 23.7 Å². The molecule has 0 atom stereocenters. The fourth-order valence-corrected chi connectivity index (χ4v) is 2.52. The number of nitro groups is 1. The van der Waals surface area contributed by atoms with Crippen LogP contribution in [0.15, 0.2) is 24.4 Å². The maximum atomic E-state index is 11.0. The van der Waals surface area contributed by atoms with Gasteiger partial charge in [-0.3, -0.25) is 10.1 Å². The molecule has 2 rings (SSSR count). The van der Waals surface area contributed by atoms with Gasteiger partial charge in [-0.25, -0.2) is 4.98 Å². The number of thiazole rings is 1. The summed E-state index contributed by atoms with van der Waals surface area (Å²) in [6, 6.07) is 4.68. The number of ether oxygens (including phenoxy) is 1. The first-order valence-electron chi connectivity index (χ1n) is 6.55. The number of rotatable bonds is 6. The molecule has 1 aromatic carbocycles. The van der Waals surface area contributed by atoms with Gasteiger partial charge in [-0.05, 0) is 20.8 Å². The molecule has 1 aromatic heterocycles. The third-order valence-electron chi connectivity index (χ3n) is 2.59. The molecule has 1 heterocycles. The van der Waals surface area contributed by atoms with Gasteiger partial charge < -0.3 is 10.1 Å². The standard InChI is InChI=1S/C14H17N3O3S/c1-9(2)20-13-5-11(4-12(6-13)17(18)19)15-8-14-16-7-10(3)21-14/h4-7,9,15H,8H2,1-3H3. The maximum Gasteiger partial charge on any atom is 0.275 e. The zero-order valence-corrected chi connectivity index (χ0v) is 12.9. The van der Waals surface area contributed by atoms with Gasteiger partial charge in [0.05, 0.1) is 23.6 Å². The first kappa shape index (κ1) is 15.2. The Bertz CT molecular complexity index is 640. The van der Waals surface area contributed by atoms with Gasteiger partial charge in [0.25, 0.3) is 5.69 Å². The Morgan fingerprint density at radius 1 is 1.43 bits per heavy atom. The Balaban J connectivity index is 2.16. The topological polar surface area (TPSA) is 77.3 Å². The lowest BCUT2D eigenvalue weighted by Gasteiger charge is -2.11. The first-order valence-corrected chi connectivity index (χ1v) is 7.37. The highest BCUT2D eigenvalue weighted by Crippen LogP contribution is 2.27. The average molecular weight is 307 g/mol. The number of nitro benzene ring substituents is 1. The minimum absolute atomic E-state index is 0.00553. The summed E-state index contributed by atoms with van der Waals surface area (Å²) in [6.07, 6.45) is 1.77. The van der Waals surface area contributed by atoms with E-state index in [1.165, 1.54) is 12.1 Å². The quantitative estimate of drug-likeness (QED) is 0.649. The van der Waals surface area contributed by atoms with E-state index in [4.69, 9.17) is 4.74 Å². The van der Waals surface area contributed by atoms with Crippen molar-refractivity contribution in [2.75, 3.05) is 5.32 Å². The molecule has 0 aliphatic rings. The molecule has 7 heteroatoms. The maximum absolute atomic E-state index is 11.0. The Hall–Kier alpha value is -2.15. The Kier molecular flexibility index (Phi) is 4.74. The zero-order chi connectivity index (χ0) is 15.4. The zero-order valence-electron chi connectivity index (χ0n) is 12.1. The molecule has 0 radical (unpaired) electrons. The van der Waals surface area contributed by atoms with Crippen molar-refractivity contribution in [2.24, 2.45) is 0 Å². The van der Waals surface area contributed by atoms with Crippen molar-refractivity contribution >= 4 is 22.7 Å². The summed E-state index contributed by atoms with van der Waals surface area (Å²) in [5.41, 5.74) is 0.652. The van der Waals surface area contributed by atoms with E-state index in [0.29, 0.717) is 18.0 Å². The number of nitrogens with one attached hydrogen (secondary N) is 1. The van der Waals surface area contributed by atoms with Crippen molar-refractivity contribution in [3.63, 3.8) is 0 Å². The highest BCUT2D eigenvalue weighted by Gasteiger charge is 2.12. The highest BCUT2D eigenvalue weighted by molar-refractivity contribution is 7.11. The third-order valence-corrected chi connectivity index (χ3v) is 3.50. The van der Waals surface area contributed by atoms with Crippen LogP contribution in [0, 0.1) is 17.0 Å². The number of anilines is 1. The lowest BCUT2D eigenvalue weighted by atomic mass is 10.2. The summed E-state index contributed by atoms with van der Waals surface area (Å²) in [6.45, 7) is 6.28. The van der Waals surface area contributed by atoms with E-state index >= 15 is 0 Å². The fourth-order valence-electron chi connectivity index (χ4n) is 1.79. The van der Waals surface area contributed by atoms with Crippen molar-refractivity contribution < 1.29 is 9.66 Å². The van der Waals surface area contributed by atoms with Crippen molar-refractivity contribution in [3.05, 3.63) is 44.4 Å². The number of aryl methyl sites for hydroxylation is 1. The van der Waals surface area contributed by atoms with Crippen molar-refractivity contribution in [2.45, 2.75) is 33.4 Å². The molecule has 0 spiro atoms. The molecule has 0 saturated carbocycles. The van der Waals surface area contributed by atoms with E-state index in [0.717, 1.165) is 9.88 Å². The van der Waals surface area contributed by atoms with Gasteiger partial charge in [0.15, 0.2) is 0 Å².